The Kier molecular flexibility index (Phi) is 6.05. The number of methoxy groups -OCH3 is 2. The second-order valence-electron chi connectivity index (χ2n) is 5.61. The van der Waals surface area contributed by atoms with Crippen LogP contribution in [-0.2, 0) is 0 Å². The van der Waals surface area contributed by atoms with E-state index in [-0.39, 0.29) is 11.3 Å². The fourth-order valence-electron chi connectivity index (χ4n) is 2.88. The van der Waals surface area contributed by atoms with E-state index in [0.29, 0.717) is 38.8 Å². The smallest absolute Gasteiger partial charge is 0.336 e. The summed E-state index contributed by atoms with van der Waals surface area (Å²) in [4.78, 5) is 23.9. The lowest BCUT2D eigenvalue weighted by molar-refractivity contribution is 0.0694. The molecule has 1 N–H and O–H groups in total. The molecular formula is C20H19ClO5. The van der Waals surface area contributed by atoms with E-state index in [0.717, 1.165) is 0 Å². The van der Waals surface area contributed by atoms with Gasteiger partial charge in [-0.1, -0.05) is 11.6 Å². The maximum atomic E-state index is 12.4. The maximum Gasteiger partial charge on any atom is 0.336 e. The first-order chi connectivity index (χ1) is 12.3. The van der Waals surface area contributed by atoms with Gasteiger partial charge in [-0.2, -0.15) is 0 Å². The van der Waals surface area contributed by atoms with Crippen LogP contribution in [0.4, 0.5) is 0 Å². The Bertz CT molecular complexity index is 851. The van der Waals surface area contributed by atoms with Gasteiger partial charge in [-0.3, -0.25) is 4.79 Å². The molecule has 2 aromatic carbocycles. The first-order valence-corrected chi connectivity index (χ1v) is 8.16. The second kappa shape index (κ2) is 8.06. The van der Waals surface area contributed by atoms with Crippen molar-refractivity contribution in [2.75, 3.05) is 14.2 Å². The number of hydrogen-bond acceptors (Lipinski definition) is 4. The molecule has 6 heteroatoms. The second-order valence-corrected chi connectivity index (χ2v) is 6.05. The van der Waals surface area contributed by atoms with Crippen molar-refractivity contribution < 1.29 is 24.2 Å². The quantitative estimate of drug-likeness (QED) is 0.592. The van der Waals surface area contributed by atoms with Gasteiger partial charge in [0.25, 0.3) is 0 Å². The van der Waals surface area contributed by atoms with Crippen LogP contribution in [0.25, 0.3) is 6.08 Å². The normalized spacial score (nSPS) is 10.8. The summed E-state index contributed by atoms with van der Waals surface area (Å²) in [6.45, 7) is 3.32. The van der Waals surface area contributed by atoms with Gasteiger partial charge in [0.05, 0.1) is 25.3 Å². The first kappa shape index (κ1) is 19.5. The molecule has 0 spiro atoms. The molecule has 0 aliphatic heterocycles. The molecule has 2 rings (SSSR count). The lowest BCUT2D eigenvalue weighted by Crippen LogP contribution is -2.08. The average Bonchev–Trinajstić information content (AvgIpc) is 2.60. The van der Waals surface area contributed by atoms with E-state index < -0.39 is 5.97 Å². The number of carboxylic acids is 1. The number of benzene rings is 2. The summed E-state index contributed by atoms with van der Waals surface area (Å²) >= 11 is 5.83. The number of allylic oxidation sites excluding steroid dienone is 1. The minimum Gasteiger partial charge on any atom is -0.496 e. The van der Waals surface area contributed by atoms with Crippen LogP contribution in [-0.4, -0.2) is 31.1 Å². The Morgan fingerprint density at radius 1 is 1.00 bits per heavy atom. The number of halogens is 1. The molecule has 0 aromatic heterocycles. The molecule has 0 saturated heterocycles. The number of carbonyl (C=O) groups excluding carboxylic acids is 1. The Labute approximate surface area is 156 Å². The van der Waals surface area contributed by atoms with Gasteiger partial charge in [-0.25, -0.2) is 4.79 Å². The third-order valence-electron chi connectivity index (χ3n) is 4.07. The van der Waals surface area contributed by atoms with Gasteiger partial charge in [0.1, 0.15) is 11.5 Å². The number of hydrogen-bond donors (Lipinski definition) is 1. The van der Waals surface area contributed by atoms with Crippen LogP contribution in [0.2, 0.25) is 5.02 Å². The Hall–Kier alpha value is -2.79. The van der Waals surface area contributed by atoms with Crippen molar-refractivity contribution in [3.63, 3.8) is 0 Å². The molecule has 26 heavy (non-hydrogen) atoms. The van der Waals surface area contributed by atoms with Gasteiger partial charge >= 0.3 is 5.97 Å². The van der Waals surface area contributed by atoms with Crippen molar-refractivity contribution >= 4 is 29.4 Å². The molecule has 0 fully saturated rings. The molecular weight excluding hydrogens is 356 g/mol. The van der Waals surface area contributed by atoms with Crippen LogP contribution in [0.5, 0.6) is 11.5 Å². The zero-order valence-electron chi connectivity index (χ0n) is 14.9. The number of ether oxygens (including phenoxy) is 2. The largest absolute Gasteiger partial charge is 0.496 e. The van der Waals surface area contributed by atoms with Gasteiger partial charge in [-0.15, -0.1) is 0 Å². The molecule has 0 amide bonds. The monoisotopic (exact) mass is 374 g/mol. The Balaban J connectivity index is 2.56. The molecule has 0 radical (unpaired) electrons. The fraction of sp³-hybridized carbons (Fsp3) is 0.200. The fourth-order valence-corrected chi connectivity index (χ4v) is 3.01. The van der Waals surface area contributed by atoms with Crippen LogP contribution < -0.4 is 9.47 Å². The Morgan fingerprint density at radius 3 is 1.92 bits per heavy atom. The number of rotatable bonds is 6. The van der Waals surface area contributed by atoms with Gasteiger partial charge in [0.2, 0.25) is 0 Å². The van der Waals surface area contributed by atoms with E-state index in [4.69, 9.17) is 21.1 Å². The summed E-state index contributed by atoms with van der Waals surface area (Å²) in [7, 11) is 2.89. The first-order valence-electron chi connectivity index (χ1n) is 7.78. The number of ketones is 1. The number of carbonyl (C=O) groups is 2. The average molecular weight is 375 g/mol. The number of aromatic carboxylic acids is 1. The van der Waals surface area contributed by atoms with Gasteiger partial charge in [0.15, 0.2) is 5.78 Å². The summed E-state index contributed by atoms with van der Waals surface area (Å²) in [6, 6.07) is 6.54. The summed E-state index contributed by atoms with van der Waals surface area (Å²) in [5, 5.41) is 10.0. The van der Waals surface area contributed by atoms with Gasteiger partial charge in [0, 0.05) is 21.7 Å². The summed E-state index contributed by atoms with van der Waals surface area (Å²) in [5.74, 6) is -0.581. The molecule has 0 heterocycles. The van der Waals surface area contributed by atoms with Crippen molar-refractivity contribution in [1.29, 1.82) is 0 Å². The highest BCUT2D eigenvalue weighted by atomic mass is 35.5. The minimum atomic E-state index is -1.07. The molecule has 2 aromatic rings. The van der Waals surface area contributed by atoms with Crippen molar-refractivity contribution in [1.82, 2.24) is 0 Å². The van der Waals surface area contributed by atoms with Crippen LogP contribution in [0.3, 0.4) is 0 Å². The third-order valence-corrected chi connectivity index (χ3v) is 4.32. The van der Waals surface area contributed by atoms with Crippen LogP contribution in [0, 0.1) is 13.8 Å². The molecule has 0 aliphatic carbocycles. The summed E-state index contributed by atoms with van der Waals surface area (Å²) in [6.07, 6.45) is 2.96. The predicted octanol–water partition coefficient (Wildman–Crippen LogP) is 4.57. The van der Waals surface area contributed by atoms with Crippen molar-refractivity contribution in [2.45, 2.75) is 13.8 Å². The van der Waals surface area contributed by atoms with E-state index in [1.54, 1.807) is 44.2 Å². The third kappa shape index (κ3) is 3.73. The lowest BCUT2D eigenvalue weighted by Gasteiger charge is -2.18. The van der Waals surface area contributed by atoms with Crippen LogP contribution in [0.1, 0.15) is 37.4 Å². The van der Waals surface area contributed by atoms with Crippen LogP contribution in [0.15, 0.2) is 30.3 Å². The van der Waals surface area contributed by atoms with Crippen molar-refractivity contribution in [2.24, 2.45) is 0 Å². The van der Waals surface area contributed by atoms with Crippen molar-refractivity contribution in [3.8, 4) is 11.5 Å². The Morgan fingerprint density at radius 2 is 1.50 bits per heavy atom. The van der Waals surface area contributed by atoms with Gasteiger partial charge in [-0.05, 0) is 50.3 Å². The van der Waals surface area contributed by atoms with Crippen molar-refractivity contribution in [3.05, 3.63) is 63.2 Å². The van der Waals surface area contributed by atoms with Gasteiger partial charge < -0.3 is 14.6 Å². The minimum absolute atomic E-state index is 0.125. The molecule has 0 aliphatic rings. The van der Waals surface area contributed by atoms with E-state index in [2.05, 4.69) is 0 Å². The zero-order chi connectivity index (χ0) is 19.4. The van der Waals surface area contributed by atoms with E-state index in [9.17, 15) is 14.7 Å². The van der Waals surface area contributed by atoms with E-state index >= 15 is 0 Å². The zero-order valence-corrected chi connectivity index (χ0v) is 15.7. The SMILES string of the molecule is COc1c(C)c(C(=O)O)c(C)c(OC)c1C=CC(=O)c1ccc(Cl)cc1. The lowest BCUT2D eigenvalue weighted by atomic mass is 9.95. The molecule has 0 bridgehead atoms. The molecule has 136 valence electrons. The standard InChI is InChI=1S/C20H19ClO5/c1-11-17(20(23)24)12(2)19(26-4)15(18(11)25-3)9-10-16(22)13-5-7-14(21)8-6-13/h5-10H,1-4H3,(H,23,24). The highest BCUT2D eigenvalue weighted by Gasteiger charge is 2.23. The highest BCUT2D eigenvalue weighted by molar-refractivity contribution is 6.30. The maximum absolute atomic E-state index is 12.4. The van der Waals surface area contributed by atoms with E-state index in [1.165, 1.54) is 20.3 Å². The summed E-state index contributed by atoms with van der Waals surface area (Å²) in [5.41, 5.74) is 2.06. The van der Waals surface area contributed by atoms with Crippen LogP contribution >= 0.6 is 11.6 Å². The highest BCUT2D eigenvalue weighted by Crippen LogP contribution is 2.39. The molecule has 5 nitrogen and oxygen atoms in total. The molecule has 0 unspecified atom stereocenters. The number of carboxylic acid groups (broad SMARTS) is 1. The molecule has 0 saturated carbocycles. The predicted molar refractivity (Wildman–Crippen MR) is 101 cm³/mol. The topological polar surface area (TPSA) is 72.8 Å². The molecule has 0 atom stereocenters. The summed E-state index contributed by atoms with van der Waals surface area (Å²) < 4.78 is 10.8. The van der Waals surface area contributed by atoms with E-state index in [1.807, 2.05) is 0 Å².